The smallest absolute Gasteiger partial charge is 0.255 e. The molecular formula is C24H32N6O3S. The molecule has 0 spiro atoms. The minimum Gasteiger partial charge on any atom is -0.379 e. The summed E-state index contributed by atoms with van der Waals surface area (Å²) in [6.07, 6.45) is 10.2. The van der Waals surface area contributed by atoms with E-state index in [4.69, 9.17) is 0 Å². The molecule has 0 bridgehead atoms. The van der Waals surface area contributed by atoms with Crippen molar-refractivity contribution in [1.29, 1.82) is 0 Å². The minimum absolute atomic E-state index is 0.0850. The lowest BCUT2D eigenvalue weighted by Gasteiger charge is -2.36. The Balaban J connectivity index is 1.57. The van der Waals surface area contributed by atoms with Crippen LogP contribution in [0.15, 0.2) is 36.7 Å². The van der Waals surface area contributed by atoms with Crippen LogP contribution in [0.2, 0.25) is 0 Å². The van der Waals surface area contributed by atoms with Crippen LogP contribution in [0.25, 0.3) is 11.0 Å². The highest BCUT2D eigenvalue weighted by Crippen LogP contribution is 2.35. The predicted octanol–water partition coefficient (Wildman–Crippen LogP) is 3.89. The third-order valence-electron chi connectivity index (χ3n) is 6.30. The molecule has 182 valence electrons. The van der Waals surface area contributed by atoms with Crippen LogP contribution in [0, 0.1) is 0 Å². The molecule has 34 heavy (non-hydrogen) atoms. The zero-order chi connectivity index (χ0) is 24.3. The molecule has 0 saturated heterocycles. The van der Waals surface area contributed by atoms with E-state index in [9.17, 15) is 13.2 Å². The number of aryl methyl sites for hydroxylation is 1. The number of nitrogens with zero attached hydrogens (tertiary/aromatic N) is 3. The van der Waals surface area contributed by atoms with Crippen LogP contribution in [0.1, 0.15) is 61.9 Å². The largest absolute Gasteiger partial charge is 0.379 e. The fraction of sp³-hybridized carbons (Fsp3) is 0.458. The molecule has 3 aromatic rings. The molecular weight excluding hydrogens is 452 g/mol. The Labute approximate surface area is 200 Å². The van der Waals surface area contributed by atoms with Crippen molar-refractivity contribution in [2.24, 2.45) is 0 Å². The summed E-state index contributed by atoms with van der Waals surface area (Å²) >= 11 is 0. The summed E-state index contributed by atoms with van der Waals surface area (Å²) in [5, 5.41) is 12.0. The van der Waals surface area contributed by atoms with E-state index in [1.165, 1.54) is 6.42 Å². The molecule has 1 aliphatic carbocycles. The van der Waals surface area contributed by atoms with Crippen molar-refractivity contribution in [2.75, 3.05) is 16.3 Å². The molecule has 0 atom stereocenters. The zero-order valence-corrected chi connectivity index (χ0v) is 20.7. The SMILES string of the molecule is CCn1ncc2c(NC3(C)CCCCC3)c(C(=O)NCc3ccc(NS(C)(=O)=O)cc3)cnc21. The van der Waals surface area contributed by atoms with E-state index in [2.05, 4.69) is 32.4 Å². The van der Waals surface area contributed by atoms with E-state index >= 15 is 0 Å². The van der Waals surface area contributed by atoms with E-state index in [-0.39, 0.29) is 11.4 Å². The topological polar surface area (TPSA) is 118 Å². The Morgan fingerprint density at radius 1 is 1.12 bits per heavy atom. The fourth-order valence-electron chi connectivity index (χ4n) is 4.51. The summed E-state index contributed by atoms with van der Waals surface area (Å²) < 4.78 is 27.0. The first kappa shape index (κ1) is 24.0. The average Bonchev–Trinajstić information content (AvgIpc) is 3.22. The van der Waals surface area contributed by atoms with Crippen molar-refractivity contribution >= 4 is 38.3 Å². The Morgan fingerprint density at radius 3 is 2.47 bits per heavy atom. The molecule has 4 rings (SSSR count). The first-order valence-electron chi connectivity index (χ1n) is 11.6. The van der Waals surface area contributed by atoms with Crippen LogP contribution in [-0.4, -0.2) is 40.9 Å². The second kappa shape index (κ2) is 9.61. The fourth-order valence-corrected chi connectivity index (χ4v) is 5.07. The van der Waals surface area contributed by atoms with Gasteiger partial charge in [0.15, 0.2) is 5.65 Å². The molecule has 3 N–H and O–H groups in total. The molecule has 1 saturated carbocycles. The summed E-state index contributed by atoms with van der Waals surface area (Å²) in [5.41, 5.74) is 3.28. The molecule has 2 aromatic heterocycles. The molecule has 1 aliphatic rings. The van der Waals surface area contributed by atoms with Crippen molar-refractivity contribution in [3.05, 3.63) is 47.8 Å². The zero-order valence-electron chi connectivity index (χ0n) is 19.9. The summed E-state index contributed by atoms with van der Waals surface area (Å²) in [5.74, 6) is -0.223. The molecule has 1 aromatic carbocycles. The average molecular weight is 485 g/mol. The van der Waals surface area contributed by atoms with Crippen LogP contribution in [0.5, 0.6) is 0 Å². The summed E-state index contributed by atoms with van der Waals surface area (Å²) in [6, 6.07) is 6.91. The highest BCUT2D eigenvalue weighted by atomic mass is 32.2. The predicted molar refractivity (Wildman–Crippen MR) is 134 cm³/mol. The number of amides is 1. The molecule has 10 heteroatoms. The van der Waals surface area contributed by atoms with Gasteiger partial charge in [0.1, 0.15) is 0 Å². The maximum absolute atomic E-state index is 13.2. The van der Waals surface area contributed by atoms with Gasteiger partial charge in [0, 0.05) is 30.5 Å². The van der Waals surface area contributed by atoms with Gasteiger partial charge >= 0.3 is 0 Å². The third kappa shape index (κ3) is 5.49. The van der Waals surface area contributed by atoms with Gasteiger partial charge in [-0.2, -0.15) is 5.10 Å². The van der Waals surface area contributed by atoms with Gasteiger partial charge in [0.25, 0.3) is 5.91 Å². The summed E-state index contributed by atoms with van der Waals surface area (Å²) in [6.45, 7) is 5.24. The second-order valence-corrected chi connectivity index (χ2v) is 11.0. The Kier molecular flexibility index (Phi) is 6.79. The number of pyridine rings is 1. The lowest BCUT2D eigenvalue weighted by atomic mass is 9.83. The molecule has 1 amide bonds. The van der Waals surface area contributed by atoms with Gasteiger partial charge in [-0.15, -0.1) is 0 Å². The standard InChI is InChI=1S/C24H32N6O3S/c1-4-30-22-19(16-27-30)21(28-24(2)12-6-5-7-13-24)20(15-25-22)23(31)26-14-17-8-10-18(11-9-17)29-34(3,32)33/h8-11,15-16,29H,4-7,12-14H2,1-3H3,(H,25,28)(H,26,31). The van der Waals surface area contributed by atoms with Crippen LogP contribution in [0.3, 0.4) is 0 Å². The lowest BCUT2D eigenvalue weighted by molar-refractivity contribution is 0.0951. The van der Waals surface area contributed by atoms with Crippen molar-refractivity contribution in [2.45, 2.75) is 64.6 Å². The Bertz CT molecular complexity index is 1280. The van der Waals surface area contributed by atoms with E-state index in [0.29, 0.717) is 24.3 Å². The Morgan fingerprint density at radius 2 is 1.82 bits per heavy atom. The molecule has 0 unspecified atom stereocenters. The van der Waals surface area contributed by atoms with Gasteiger partial charge in [0.05, 0.1) is 29.1 Å². The minimum atomic E-state index is -3.33. The third-order valence-corrected chi connectivity index (χ3v) is 6.91. The van der Waals surface area contributed by atoms with Crippen LogP contribution >= 0.6 is 0 Å². The highest BCUT2D eigenvalue weighted by Gasteiger charge is 2.29. The highest BCUT2D eigenvalue weighted by molar-refractivity contribution is 7.92. The number of aromatic nitrogens is 3. The molecule has 9 nitrogen and oxygen atoms in total. The van der Waals surface area contributed by atoms with Crippen LogP contribution in [0.4, 0.5) is 11.4 Å². The van der Waals surface area contributed by atoms with Gasteiger partial charge in [-0.1, -0.05) is 31.4 Å². The summed E-state index contributed by atoms with van der Waals surface area (Å²) in [7, 11) is -3.33. The van der Waals surface area contributed by atoms with Gasteiger partial charge in [-0.05, 0) is 44.4 Å². The van der Waals surface area contributed by atoms with E-state index < -0.39 is 10.0 Å². The number of benzene rings is 1. The first-order valence-corrected chi connectivity index (χ1v) is 13.5. The van der Waals surface area contributed by atoms with Crippen LogP contribution < -0.4 is 15.4 Å². The van der Waals surface area contributed by atoms with Crippen molar-refractivity contribution in [3.63, 3.8) is 0 Å². The van der Waals surface area contributed by atoms with Gasteiger partial charge in [0.2, 0.25) is 10.0 Å². The number of carbonyl (C=O) groups excluding carboxylic acids is 1. The quantitative estimate of drug-likeness (QED) is 0.446. The van der Waals surface area contributed by atoms with E-state index in [0.717, 1.165) is 54.2 Å². The van der Waals surface area contributed by atoms with Crippen molar-refractivity contribution < 1.29 is 13.2 Å². The van der Waals surface area contributed by atoms with Gasteiger partial charge in [-0.3, -0.25) is 9.52 Å². The number of hydrogen-bond donors (Lipinski definition) is 3. The lowest BCUT2D eigenvalue weighted by Crippen LogP contribution is -2.38. The maximum Gasteiger partial charge on any atom is 0.255 e. The first-order chi connectivity index (χ1) is 16.2. The van der Waals surface area contributed by atoms with E-state index in [1.807, 2.05) is 11.6 Å². The number of carbonyl (C=O) groups is 1. The number of nitrogens with one attached hydrogen (secondary N) is 3. The molecule has 0 aliphatic heterocycles. The van der Waals surface area contributed by atoms with Crippen molar-refractivity contribution in [3.8, 4) is 0 Å². The second-order valence-electron chi connectivity index (χ2n) is 9.24. The monoisotopic (exact) mass is 484 g/mol. The molecule has 0 radical (unpaired) electrons. The van der Waals surface area contributed by atoms with Gasteiger partial charge < -0.3 is 10.6 Å². The maximum atomic E-state index is 13.2. The van der Waals surface area contributed by atoms with Gasteiger partial charge in [-0.25, -0.2) is 18.1 Å². The number of anilines is 2. The van der Waals surface area contributed by atoms with Crippen molar-refractivity contribution in [1.82, 2.24) is 20.1 Å². The van der Waals surface area contributed by atoms with Crippen LogP contribution in [-0.2, 0) is 23.1 Å². The molecule has 1 fully saturated rings. The van der Waals surface area contributed by atoms with E-state index in [1.54, 1.807) is 36.7 Å². The number of hydrogen-bond acceptors (Lipinski definition) is 6. The summed E-state index contributed by atoms with van der Waals surface area (Å²) in [4.78, 5) is 17.8. The number of rotatable bonds is 8. The molecule has 2 heterocycles. The Hall–Kier alpha value is -3.14. The number of fused-ring (bicyclic) bond motifs is 1. The normalized spacial score (nSPS) is 15.7. The number of sulfonamides is 1.